The molecule has 0 saturated heterocycles. The molecule has 0 spiro atoms. The molecule has 0 radical (unpaired) electrons. The van der Waals surface area contributed by atoms with Crippen molar-refractivity contribution in [3.8, 4) is 5.75 Å². The normalized spacial score (nSPS) is 12.2. The number of ether oxygens (including phenoxy) is 1. The summed E-state index contributed by atoms with van der Waals surface area (Å²) < 4.78 is 7.16. The van der Waals surface area contributed by atoms with Crippen LogP contribution in [0, 0.1) is 0 Å². The van der Waals surface area contributed by atoms with E-state index in [2.05, 4.69) is 31.9 Å². The largest absolute Gasteiger partial charge is 0.496 e. The molecular formula is C14H11Br2ClO. The third-order valence-corrected chi connectivity index (χ3v) is 4.28. The van der Waals surface area contributed by atoms with Crippen molar-refractivity contribution in [3.63, 3.8) is 0 Å². The summed E-state index contributed by atoms with van der Waals surface area (Å²) in [5.74, 6) is 0.804. The highest BCUT2D eigenvalue weighted by atomic mass is 79.9. The minimum absolute atomic E-state index is 0.166. The van der Waals surface area contributed by atoms with Crippen LogP contribution >= 0.6 is 43.5 Å². The van der Waals surface area contributed by atoms with Gasteiger partial charge in [-0.3, -0.25) is 0 Å². The van der Waals surface area contributed by atoms with Crippen LogP contribution in [0.1, 0.15) is 16.5 Å². The predicted octanol–water partition coefficient (Wildman–Crippen LogP) is 5.55. The van der Waals surface area contributed by atoms with Gasteiger partial charge in [-0.05, 0) is 51.3 Å². The molecule has 1 unspecified atom stereocenters. The molecule has 2 aromatic carbocycles. The van der Waals surface area contributed by atoms with Gasteiger partial charge in [0.25, 0.3) is 0 Å². The van der Waals surface area contributed by atoms with E-state index < -0.39 is 0 Å². The molecule has 0 N–H and O–H groups in total. The van der Waals surface area contributed by atoms with Gasteiger partial charge in [-0.25, -0.2) is 0 Å². The number of alkyl halides is 1. The zero-order valence-electron chi connectivity index (χ0n) is 9.66. The highest BCUT2D eigenvalue weighted by Gasteiger charge is 2.12. The third-order valence-electron chi connectivity index (χ3n) is 2.63. The van der Waals surface area contributed by atoms with E-state index in [0.29, 0.717) is 0 Å². The second kappa shape index (κ2) is 6.09. The standard InChI is InChI=1S/C14H11Br2ClO/c1-18-13-7-4-10(8-12(13)16)14(17)9-2-5-11(15)6-3-9/h2-8,14H,1H3. The monoisotopic (exact) mass is 388 g/mol. The van der Waals surface area contributed by atoms with Crippen LogP contribution in [0.4, 0.5) is 0 Å². The predicted molar refractivity (Wildman–Crippen MR) is 82.5 cm³/mol. The summed E-state index contributed by atoms with van der Waals surface area (Å²) in [7, 11) is 1.65. The summed E-state index contributed by atoms with van der Waals surface area (Å²) in [6, 6.07) is 13.9. The van der Waals surface area contributed by atoms with Gasteiger partial charge in [-0.15, -0.1) is 11.6 Å². The van der Waals surface area contributed by atoms with E-state index in [4.69, 9.17) is 16.3 Å². The van der Waals surface area contributed by atoms with E-state index in [1.165, 1.54) is 0 Å². The summed E-state index contributed by atoms with van der Waals surface area (Å²) in [6.45, 7) is 0. The quantitative estimate of drug-likeness (QED) is 0.625. The average Bonchev–Trinajstić information content (AvgIpc) is 2.38. The Labute approximate surface area is 128 Å². The number of benzene rings is 2. The Morgan fingerprint density at radius 1 is 1.00 bits per heavy atom. The minimum Gasteiger partial charge on any atom is -0.496 e. The first kappa shape index (κ1) is 13.9. The van der Waals surface area contributed by atoms with Crippen LogP contribution in [0.15, 0.2) is 51.4 Å². The maximum Gasteiger partial charge on any atom is 0.133 e. The fourth-order valence-corrected chi connectivity index (χ4v) is 2.77. The van der Waals surface area contributed by atoms with Gasteiger partial charge in [0.2, 0.25) is 0 Å². The smallest absolute Gasteiger partial charge is 0.133 e. The third kappa shape index (κ3) is 3.08. The van der Waals surface area contributed by atoms with E-state index in [0.717, 1.165) is 25.8 Å². The number of halogens is 3. The number of hydrogen-bond donors (Lipinski definition) is 0. The molecule has 4 heteroatoms. The maximum atomic E-state index is 6.47. The maximum absolute atomic E-state index is 6.47. The van der Waals surface area contributed by atoms with E-state index in [9.17, 15) is 0 Å². The SMILES string of the molecule is COc1ccc(C(Cl)c2ccc(Br)cc2)cc1Br. The van der Waals surface area contributed by atoms with Gasteiger partial charge in [-0.1, -0.05) is 34.1 Å². The molecule has 0 bridgehead atoms. The number of rotatable bonds is 3. The molecule has 0 amide bonds. The van der Waals surface area contributed by atoms with Crippen molar-refractivity contribution in [3.05, 3.63) is 62.5 Å². The van der Waals surface area contributed by atoms with E-state index in [-0.39, 0.29) is 5.38 Å². The number of methoxy groups -OCH3 is 1. The summed E-state index contributed by atoms with van der Waals surface area (Å²) in [6.07, 6.45) is 0. The molecule has 0 aliphatic carbocycles. The van der Waals surface area contributed by atoms with Crippen molar-refractivity contribution in [1.82, 2.24) is 0 Å². The lowest BCUT2D eigenvalue weighted by Gasteiger charge is -2.12. The van der Waals surface area contributed by atoms with Gasteiger partial charge >= 0.3 is 0 Å². The van der Waals surface area contributed by atoms with Gasteiger partial charge in [-0.2, -0.15) is 0 Å². The summed E-state index contributed by atoms with van der Waals surface area (Å²) in [5, 5.41) is -0.166. The van der Waals surface area contributed by atoms with Crippen molar-refractivity contribution >= 4 is 43.5 Å². The molecule has 0 aliphatic rings. The molecule has 18 heavy (non-hydrogen) atoms. The lowest BCUT2D eigenvalue weighted by molar-refractivity contribution is 0.412. The van der Waals surface area contributed by atoms with Crippen LogP contribution in [-0.4, -0.2) is 7.11 Å². The fourth-order valence-electron chi connectivity index (χ4n) is 1.66. The fraction of sp³-hybridized carbons (Fsp3) is 0.143. The average molecular weight is 391 g/mol. The van der Waals surface area contributed by atoms with Gasteiger partial charge in [0.1, 0.15) is 5.75 Å². The molecular weight excluding hydrogens is 379 g/mol. The lowest BCUT2D eigenvalue weighted by Crippen LogP contribution is -1.94. The van der Waals surface area contributed by atoms with Gasteiger partial charge in [0.05, 0.1) is 17.0 Å². The zero-order valence-corrected chi connectivity index (χ0v) is 13.6. The van der Waals surface area contributed by atoms with E-state index in [1.807, 2.05) is 42.5 Å². The van der Waals surface area contributed by atoms with Crippen molar-refractivity contribution in [1.29, 1.82) is 0 Å². The van der Waals surface area contributed by atoms with E-state index >= 15 is 0 Å². The van der Waals surface area contributed by atoms with Crippen LogP contribution in [0.5, 0.6) is 5.75 Å². The van der Waals surface area contributed by atoms with Crippen LogP contribution in [0.2, 0.25) is 0 Å². The topological polar surface area (TPSA) is 9.23 Å². The Kier molecular flexibility index (Phi) is 4.71. The molecule has 2 aromatic rings. The first-order valence-corrected chi connectivity index (χ1v) is 7.37. The van der Waals surface area contributed by atoms with Gasteiger partial charge in [0, 0.05) is 4.47 Å². The van der Waals surface area contributed by atoms with Crippen LogP contribution < -0.4 is 4.74 Å². The van der Waals surface area contributed by atoms with Gasteiger partial charge in [0.15, 0.2) is 0 Å². The van der Waals surface area contributed by atoms with Crippen LogP contribution in [-0.2, 0) is 0 Å². The van der Waals surface area contributed by atoms with Crippen LogP contribution in [0.3, 0.4) is 0 Å². The molecule has 0 heterocycles. The first-order valence-electron chi connectivity index (χ1n) is 5.35. The number of hydrogen-bond acceptors (Lipinski definition) is 1. The molecule has 1 atom stereocenters. The molecule has 0 saturated carbocycles. The minimum atomic E-state index is -0.166. The molecule has 0 fully saturated rings. The molecule has 0 aliphatic heterocycles. The van der Waals surface area contributed by atoms with Crippen molar-refractivity contribution in [2.24, 2.45) is 0 Å². The highest BCUT2D eigenvalue weighted by Crippen LogP contribution is 2.34. The van der Waals surface area contributed by atoms with Crippen LogP contribution in [0.25, 0.3) is 0 Å². The molecule has 2 rings (SSSR count). The molecule has 0 aromatic heterocycles. The molecule has 94 valence electrons. The Morgan fingerprint density at radius 2 is 1.61 bits per heavy atom. The zero-order chi connectivity index (χ0) is 13.1. The summed E-state index contributed by atoms with van der Waals surface area (Å²) >= 11 is 13.4. The van der Waals surface area contributed by atoms with Crippen molar-refractivity contribution < 1.29 is 4.74 Å². The summed E-state index contributed by atoms with van der Waals surface area (Å²) in [5.41, 5.74) is 2.10. The lowest BCUT2D eigenvalue weighted by atomic mass is 10.0. The van der Waals surface area contributed by atoms with Crippen molar-refractivity contribution in [2.45, 2.75) is 5.38 Å². The first-order chi connectivity index (χ1) is 8.61. The highest BCUT2D eigenvalue weighted by molar-refractivity contribution is 9.10. The second-order valence-electron chi connectivity index (χ2n) is 3.81. The van der Waals surface area contributed by atoms with E-state index in [1.54, 1.807) is 7.11 Å². The Morgan fingerprint density at radius 3 is 2.17 bits per heavy atom. The molecule has 1 nitrogen and oxygen atoms in total. The second-order valence-corrected chi connectivity index (χ2v) is 6.01. The van der Waals surface area contributed by atoms with Gasteiger partial charge < -0.3 is 4.74 Å². The summed E-state index contributed by atoms with van der Waals surface area (Å²) in [4.78, 5) is 0. The Balaban J connectivity index is 2.31. The van der Waals surface area contributed by atoms with Crippen molar-refractivity contribution in [2.75, 3.05) is 7.11 Å². The Hall–Kier alpha value is -0.510. The Bertz CT molecular complexity index is 540.